The Morgan fingerprint density at radius 1 is 1.82 bits per heavy atom. The minimum absolute atomic E-state index is 0.222. The first-order chi connectivity index (χ1) is 5.11. The van der Waals surface area contributed by atoms with Crippen molar-refractivity contribution in [1.82, 2.24) is 4.98 Å². The first-order valence-corrected chi connectivity index (χ1v) is 3.56. The van der Waals surface area contributed by atoms with Gasteiger partial charge in [-0.1, -0.05) is 0 Å². The van der Waals surface area contributed by atoms with Crippen molar-refractivity contribution in [1.29, 1.82) is 0 Å². The smallest absolute Gasteiger partial charge is 0.403 e. The molecule has 5 N–H and O–H groups in total. The van der Waals surface area contributed by atoms with Crippen molar-refractivity contribution >= 4 is 28.1 Å². The van der Waals surface area contributed by atoms with Gasteiger partial charge in [-0.3, -0.25) is 0 Å². The molecule has 6 heteroatoms. The van der Waals surface area contributed by atoms with Crippen LogP contribution in [0.15, 0.2) is 5.38 Å². The molecule has 0 radical (unpaired) electrons. The fourth-order valence-corrected chi connectivity index (χ4v) is 1.08. The summed E-state index contributed by atoms with van der Waals surface area (Å²) >= 11 is 1.15. The molecule has 5 nitrogen and oxygen atoms in total. The summed E-state index contributed by atoms with van der Waals surface area (Å²) in [7, 11) is 0. The maximum Gasteiger partial charge on any atom is 0.403 e. The van der Waals surface area contributed by atoms with Crippen LogP contribution in [0.5, 0.6) is 0 Å². The predicted octanol–water partition coefficient (Wildman–Crippen LogP) is -1.64. The lowest BCUT2D eigenvalue weighted by Crippen LogP contribution is -2.45. The summed E-state index contributed by atoms with van der Waals surface area (Å²) in [6, 6.07) is 0. The number of hydrogen-bond donors (Lipinski definition) is 3. The lowest BCUT2D eigenvalue weighted by atomic mass is 10.3. The summed E-state index contributed by atoms with van der Waals surface area (Å²) in [6.07, 6.45) is 0. The molecule has 0 fully saturated rings. The highest BCUT2D eigenvalue weighted by Crippen LogP contribution is 2.10. The van der Waals surface area contributed by atoms with E-state index in [0.717, 1.165) is 11.3 Å². The number of anilines is 1. The van der Waals surface area contributed by atoms with E-state index in [1.807, 2.05) is 0 Å². The monoisotopic (exact) mass is 172 g/mol. The maximum absolute atomic E-state index is 10.3. The van der Waals surface area contributed by atoms with E-state index in [1.165, 1.54) is 5.38 Å². The molecule has 11 heavy (non-hydrogen) atoms. The molecule has 0 saturated carbocycles. The number of aliphatic carboxylic acids is 1. The Labute approximate surface area is 66.0 Å². The van der Waals surface area contributed by atoms with Gasteiger partial charge in [0.15, 0.2) is 10.8 Å². The van der Waals surface area contributed by atoms with Crippen LogP contribution < -0.4 is 11.1 Å². The Hall–Kier alpha value is -1.43. The van der Waals surface area contributed by atoms with Crippen molar-refractivity contribution in [3.8, 4) is 0 Å². The van der Waals surface area contributed by atoms with Crippen molar-refractivity contribution in [2.45, 2.75) is 0 Å². The molecule has 0 spiro atoms. The quantitative estimate of drug-likeness (QED) is 0.465. The van der Waals surface area contributed by atoms with Crippen LogP contribution in [-0.2, 0) is 4.79 Å². The Morgan fingerprint density at radius 3 is 2.82 bits per heavy atom. The molecule has 0 amide bonds. The van der Waals surface area contributed by atoms with Crippen molar-refractivity contribution < 1.29 is 15.3 Å². The van der Waals surface area contributed by atoms with Gasteiger partial charge < -0.3 is 10.8 Å². The highest BCUT2D eigenvalue weighted by Gasteiger charge is 2.18. The maximum atomic E-state index is 10.3. The van der Waals surface area contributed by atoms with Crippen molar-refractivity contribution in [3.05, 3.63) is 11.1 Å². The molecule has 1 rings (SSSR count). The van der Waals surface area contributed by atoms with Gasteiger partial charge in [-0.25, -0.2) is 15.2 Å². The minimum atomic E-state index is -1.18. The molecule has 0 bridgehead atoms. The third-order valence-electron chi connectivity index (χ3n) is 1.03. The van der Waals surface area contributed by atoms with Gasteiger partial charge in [0.1, 0.15) is 0 Å². The largest absolute Gasteiger partial charge is 0.473 e. The first-order valence-electron chi connectivity index (χ1n) is 2.68. The molecule has 0 unspecified atom stereocenters. The average molecular weight is 172 g/mol. The zero-order valence-corrected chi connectivity index (χ0v) is 6.26. The predicted molar refractivity (Wildman–Crippen MR) is 40.2 cm³/mol. The Morgan fingerprint density at radius 2 is 2.45 bits per heavy atom. The summed E-state index contributed by atoms with van der Waals surface area (Å²) in [5.74, 6) is -1.18. The van der Waals surface area contributed by atoms with Gasteiger partial charge in [-0.2, -0.15) is 0 Å². The van der Waals surface area contributed by atoms with E-state index >= 15 is 0 Å². The summed E-state index contributed by atoms with van der Waals surface area (Å²) < 4.78 is 0. The first kappa shape index (κ1) is 7.67. The van der Waals surface area contributed by atoms with Gasteiger partial charge in [0, 0.05) is 5.38 Å². The standard InChI is InChI=1S/C5H5N3O2S/c6-3(4(9)10)2-1-11-5(7)8-2/h1,6H,(H2,7,8)(H,9,10)/p+1. The Kier molecular flexibility index (Phi) is 1.86. The second-order valence-electron chi connectivity index (χ2n) is 1.79. The van der Waals surface area contributed by atoms with E-state index in [2.05, 4.69) is 4.98 Å². The van der Waals surface area contributed by atoms with Crippen LogP contribution in [0, 0.1) is 0 Å². The number of nitrogens with zero attached hydrogens (tertiary/aromatic N) is 1. The van der Waals surface area contributed by atoms with Gasteiger partial charge in [0.05, 0.1) is 0 Å². The number of carbonyl (C=O) groups is 1. The van der Waals surface area contributed by atoms with Crippen LogP contribution in [0.3, 0.4) is 0 Å². The van der Waals surface area contributed by atoms with Crippen LogP contribution in [0.25, 0.3) is 0 Å². The fourth-order valence-electron chi connectivity index (χ4n) is 0.521. The van der Waals surface area contributed by atoms with E-state index < -0.39 is 5.97 Å². The number of carboxylic acid groups (broad SMARTS) is 1. The molecule has 0 aromatic carbocycles. The van der Waals surface area contributed by atoms with Gasteiger partial charge >= 0.3 is 11.7 Å². The molecule has 1 heterocycles. The molecule has 1 aromatic heterocycles. The fraction of sp³-hybridized carbons (Fsp3) is 0. The lowest BCUT2D eigenvalue weighted by Gasteiger charge is -1.83. The van der Waals surface area contributed by atoms with Crippen LogP contribution in [0.2, 0.25) is 0 Å². The molecular weight excluding hydrogens is 166 g/mol. The van der Waals surface area contributed by atoms with Crippen molar-refractivity contribution in [2.75, 3.05) is 5.73 Å². The third kappa shape index (κ3) is 1.53. The number of nitrogens with two attached hydrogens (primary N) is 2. The molecular formula is C5H6N3O2S+. The number of thiazole rings is 1. The number of hydrogen-bond acceptors (Lipinski definition) is 4. The van der Waals surface area contributed by atoms with Crippen molar-refractivity contribution in [3.63, 3.8) is 0 Å². The summed E-state index contributed by atoms with van der Waals surface area (Å²) in [6.45, 7) is 0. The van der Waals surface area contributed by atoms with E-state index in [9.17, 15) is 4.79 Å². The molecule has 1 aromatic rings. The Bertz CT molecular complexity index is 306. The summed E-state index contributed by atoms with van der Waals surface area (Å²) in [4.78, 5) is 14.0. The highest BCUT2D eigenvalue weighted by atomic mass is 32.1. The third-order valence-corrected chi connectivity index (χ3v) is 1.70. The number of rotatable bonds is 2. The van der Waals surface area contributed by atoms with Gasteiger partial charge in [0.25, 0.3) is 0 Å². The summed E-state index contributed by atoms with van der Waals surface area (Å²) in [5, 5.41) is 15.4. The zero-order valence-electron chi connectivity index (χ0n) is 5.44. The van der Waals surface area contributed by atoms with Crippen LogP contribution in [0.4, 0.5) is 5.13 Å². The van der Waals surface area contributed by atoms with Gasteiger partial charge in [-0.15, -0.1) is 11.3 Å². The van der Waals surface area contributed by atoms with E-state index in [-0.39, 0.29) is 11.4 Å². The Balaban J connectivity index is 2.94. The van der Waals surface area contributed by atoms with Crippen LogP contribution >= 0.6 is 11.3 Å². The normalized spacial score (nSPS) is 9.45. The van der Waals surface area contributed by atoms with Gasteiger partial charge in [0.2, 0.25) is 0 Å². The van der Waals surface area contributed by atoms with Crippen molar-refractivity contribution in [2.24, 2.45) is 0 Å². The zero-order chi connectivity index (χ0) is 8.43. The minimum Gasteiger partial charge on any atom is -0.473 e. The molecule has 58 valence electrons. The number of aromatic nitrogens is 1. The molecule has 0 saturated heterocycles. The lowest BCUT2D eigenvalue weighted by molar-refractivity contribution is -0.147. The van der Waals surface area contributed by atoms with Gasteiger partial charge in [-0.05, 0) is 0 Å². The number of nitrogen functional groups attached to an aromatic ring is 1. The van der Waals surface area contributed by atoms with Crippen LogP contribution in [-0.4, -0.2) is 21.8 Å². The molecule has 0 atom stereocenters. The second kappa shape index (κ2) is 2.67. The second-order valence-corrected chi connectivity index (χ2v) is 2.68. The SMILES string of the molecule is Nc1nc(C(=[NH2+])C(=O)O)cs1. The van der Waals surface area contributed by atoms with E-state index in [1.54, 1.807) is 0 Å². The molecule has 0 aliphatic heterocycles. The molecule has 0 aliphatic carbocycles. The average Bonchev–Trinajstić information content (AvgIpc) is 2.34. The van der Waals surface area contributed by atoms with E-state index in [4.69, 9.17) is 16.2 Å². The number of carboxylic acids is 1. The van der Waals surface area contributed by atoms with Crippen LogP contribution in [0.1, 0.15) is 5.69 Å². The van der Waals surface area contributed by atoms with E-state index in [0.29, 0.717) is 5.13 Å². The molecule has 0 aliphatic rings. The summed E-state index contributed by atoms with van der Waals surface area (Å²) in [5.41, 5.74) is 5.20. The highest BCUT2D eigenvalue weighted by molar-refractivity contribution is 7.13. The topological polar surface area (TPSA) is 102 Å².